The summed E-state index contributed by atoms with van der Waals surface area (Å²) < 4.78 is 12.2. The van der Waals surface area contributed by atoms with Crippen molar-refractivity contribution in [3.8, 4) is 11.4 Å². The predicted octanol–water partition coefficient (Wildman–Crippen LogP) is 5.41. The van der Waals surface area contributed by atoms with Crippen LogP contribution in [-0.2, 0) is 22.4 Å². The van der Waals surface area contributed by atoms with Crippen LogP contribution in [0.1, 0.15) is 50.0 Å². The average molecular weight is 487 g/mol. The van der Waals surface area contributed by atoms with Gasteiger partial charge in [0.15, 0.2) is 5.16 Å². The standard InChI is InChI=1S/C25H30N2O4S2/c1-4-5-6-13-31-21(28)15-32-25-26-23-22(19-12-7-16(2)14-20(19)33-23)24(29)27(25)17-8-10-18(30-3)11-9-17/h8-11,16H,4-7,12-15H2,1-3H3/t16-/m1/s1. The number of rotatable bonds is 9. The fourth-order valence-electron chi connectivity index (χ4n) is 4.13. The summed E-state index contributed by atoms with van der Waals surface area (Å²) in [5.41, 5.74) is 1.79. The zero-order valence-electron chi connectivity index (χ0n) is 19.4. The van der Waals surface area contributed by atoms with Gasteiger partial charge in [-0.25, -0.2) is 4.98 Å². The molecule has 1 aromatic carbocycles. The largest absolute Gasteiger partial charge is 0.497 e. The van der Waals surface area contributed by atoms with Crippen LogP contribution in [0.25, 0.3) is 15.9 Å². The molecule has 3 aromatic rings. The number of thioether (sulfide) groups is 1. The first-order valence-corrected chi connectivity index (χ1v) is 13.3. The van der Waals surface area contributed by atoms with Gasteiger partial charge in [-0.1, -0.05) is 38.5 Å². The van der Waals surface area contributed by atoms with Gasteiger partial charge in [-0.2, -0.15) is 0 Å². The highest BCUT2D eigenvalue weighted by atomic mass is 32.2. The van der Waals surface area contributed by atoms with E-state index in [2.05, 4.69) is 13.8 Å². The molecule has 1 atom stereocenters. The normalized spacial score (nSPS) is 15.4. The summed E-state index contributed by atoms with van der Waals surface area (Å²) in [6.45, 7) is 4.80. The van der Waals surface area contributed by atoms with Gasteiger partial charge in [-0.15, -0.1) is 11.3 Å². The number of fused-ring (bicyclic) bond motifs is 3. The Morgan fingerprint density at radius 1 is 1.27 bits per heavy atom. The average Bonchev–Trinajstić information content (AvgIpc) is 3.18. The van der Waals surface area contributed by atoms with Crippen molar-refractivity contribution in [2.45, 2.75) is 57.5 Å². The van der Waals surface area contributed by atoms with Gasteiger partial charge in [0.05, 0.1) is 30.5 Å². The maximum absolute atomic E-state index is 13.8. The van der Waals surface area contributed by atoms with Crippen molar-refractivity contribution in [3.05, 3.63) is 45.1 Å². The number of aromatic nitrogens is 2. The summed E-state index contributed by atoms with van der Waals surface area (Å²) in [5, 5.41) is 1.24. The summed E-state index contributed by atoms with van der Waals surface area (Å²) in [6, 6.07) is 7.35. The van der Waals surface area contributed by atoms with Crippen LogP contribution in [0.3, 0.4) is 0 Å². The zero-order chi connectivity index (χ0) is 23.4. The minimum Gasteiger partial charge on any atom is -0.497 e. The molecule has 0 spiro atoms. The summed E-state index contributed by atoms with van der Waals surface area (Å²) >= 11 is 2.87. The van der Waals surface area contributed by atoms with Crippen LogP contribution in [0.15, 0.2) is 34.2 Å². The van der Waals surface area contributed by atoms with Crippen LogP contribution < -0.4 is 10.3 Å². The smallest absolute Gasteiger partial charge is 0.316 e. The molecule has 0 unspecified atom stereocenters. The summed E-state index contributed by atoms with van der Waals surface area (Å²) in [7, 11) is 1.61. The van der Waals surface area contributed by atoms with Gasteiger partial charge >= 0.3 is 5.97 Å². The maximum Gasteiger partial charge on any atom is 0.316 e. The number of ether oxygens (including phenoxy) is 2. The van der Waals surface area contributed by atoms with Crippen molar-refractivity contribution in [2.75, 3.05) is 19.5 Å². The maximum atomic E-state index is 13.8. The van der Waals surface area contributed by atoms with Crippen molar-refractivity contribution in [3.63, 3.8) is 0 Å². The molecule has 6 nitrogen and oxygen atoms in total. The van der Waals surface area contributed by atoms with Crippen molar-refractivity contribution >= 4 is 39.3 Å². The van der Waals surface area contributed by atoms with E-state index >= 15 is 0 Å². The van der Waals surface area contributed by atoms with Gasteiger partial charge in [0.2, 0.25) is 0 Å². The van der Waals surface area contributed by atoms with Crippen molar-refractivity contribution in [1.82, 2.24) is 9.55 Å². The number of carbonyl (C=O) groups excluding carboxylic acids is 1. The van der Waals surface area contributed by atoms with E-state index in [-0.39, 0.29) is 17.3 Å². The molecule has 8 heteroatoms. The second-order valence-corrected chi connectivity index (χ2v) is 10.5. The van der Waals surface area contributed by atoms with E-state index in [4.69, 9.17) is 14.5 Å². The third kappa shape index (κ3) is 5.27. The highest BCUT2D eigenvalue weighted by Gasteiger charge is 2.25. The second-order valence-electron chi connectivity index (χ2n) is 8.48. The minimum absolute atomic E-state index is 0.0731. The molecular formula is C25H30N2O4S2. The summed E-state index contributed by atoms with van der Waals surface area (Å²) in [4.78, 5) is 33.0. The van der Waals surface area contributed by atoms with Gasteiger partial charge < -0.3 is 9.47 Å². The number of methoxy groups -OCH3 is 1. The molecule has 0 aliphatic heterocycles. The zero-order valence-corrected chi connectivity index (χ0v) is 21.0. The number of esters is 1. The lowest BCUT2D eigenvalue weighted by atomic mass is 9.89. The van der Waals surface area contributed by atoms with Gasteiger partial charge in [0.25, 0.3) is 5.56 Å². The predicted molar refractivity (Wildman–Crippen MR) is 134 cm³/mol. The van der Waals surface area contributed by atoms with E-state index in [1.807, 2.05) is 24.3 Å². The van der Waals surface area contributed by atoms with E-state index in [1.165, 1.54) is 16.6 Å². The van der Waals surface area contributed by atoms with E-state index < -0.39 is 0 Å². The lowest BCUT2D eigenvalue weighted by Gasteiger charge is -2.18. The number of hydrogen-bond donors (Lipinski definition) is 0. The Kier molecular flexibility index (Phi) is 7.75. The number of thiophene rings is 1. The summed E-state index contributed by atoms with van der Waals surface area (Å²) in [5.74, 6) is 1.16. The van der Waals surface area contributed by atoms with Crippen LogP contribution in [0, 0.1) is 5.92 Å². The Morgan fingerprint density at radius 2 is 2.06 bits per heavy atom. The third-order valence-electron chi connectivity index (χ3n) is 5.96. The quantitative estimate of drug-likeness (QED) is 0.174. The Labute approximate surface area is 202 Å². The van der Waals surface area contributed by atoms with Crippen LogP contribution in [-0.4, -0.2) is 35.0 Å². The van der Waals surface area contributed by atoms with Crippen molar-refractivity contribution in [1.29, 1.82) is 0 Å². The number of nitrogens with zero attached hydrogens (tertiary/aromatic N) is 2. The monoisotopic (exact) mass is 486 g/mol. The fourth-order valence-corrected chi connectivity index (χ4v) is 6.36. The molecule has 0 bridgehead atoms. The Hall–Kier alpha value is -2.32. The Bertz CT molecular complexity index is 1180. The van der Waals surface area contributed by atoms with Crippen LogP contribution >= 0.6 is 23.1 Å². The molecule has 0 N–H and O–H groups in total. The SMILES string of the molecule is CCCCCOC(=O)CSc1nc2sc3c(c2c(=O)n1-c1ccc(OC)cc1)CC[C@@H](C)C3. The van der Waals surface area contributed by atoms with Gasteiger partial charge in [-0.05, 0) is 61.4 Å². The van der Waals surface area contributed by atoms with E-state index in [0.29, 0.717) is 29.1 Å². The van der Waals surface area contributed by atoms with Crippen LogP contribution in [0.2, 0.25) is 0 Å². The van der Waals surface area contributed by atoms with Gasteiger partial charge in [-0.3, -0.25) is 14.2 Å². The van der Waals surface area contributed by atoms with Crippen LogP contribution in [0.5, 0.6) is 5.75 Å². The third-order valence-corrected chi connectivity index (χ3v) is 8.02. The van der Waals surface area contributed by atoms with Crippen molar-refractivity contribution in [2.24, 2.45) is 5.92 Å². The number of benzene rings is 1. The van der Waals surface area contributed by atoms with Crippen LogP contribution in [0.4, 0.5) is 0 Å². The molecular weight excluding hydrogens is 456 g/mol. The molecule has 0 saturated carbocycles. The topological polar surface area (TPSA) is 70.4 Å². The number of hydrogen-bond acceptors (Lipinski definition) is 7. The fraction of sp³-hybridized carbons (Fsp3) is 0.480. The number of unbranched alkanes of at least 4 members (excludes halogenated alkanes) is 2. The molecule has 1 aliphatic rings. The van der Waals surface area contributed by atoms with E-state index in [0.717, 1.165) is 54.3 Å². The van der Waals surface area contributed by atoms with E-state index in [1.54, 1.807) is 23.0 Å². The molecule has 33 heavy (non-hydrogen) atoms. The minimum atomic E-state index is -0.286. The molecule has 1 aliphatic carbocycles. The second kappa shape index (κ2) is 10.7. The molecule has 0 amide bonds. The lowest BCUT2D eigenvalue weighted by molar-refractivity contribution is -0.140. The number of carbonyl (C=O) groups is 1. The number of aryl methyl sites for hydroxylation is 1. The molecule has 0 fully saturated rings. The van der Waals surface area contributed by atoms with Crippen molar-refractivity contribution < 1.29 is 14.3 Å². The lowest BCUT2D eigenvalue weighted by Crippen LogP contribution is -2.23. The first-order valence-electron chi connectivity index (χ1n) is 11.5. The Morgan fingerprint density at radius 3 is 2.79 bits per heavy atom. The molecule has 2 aromatic heterocycles. The van der Waals surface area contributed by atoms with Gasteiger partial charge in [0.1, 0.15) is 10.6 Å². The molecule has 4 rings (SSSR count). The van der Waals surface area contributed by atoms with E-state index in [9.17, 15) is 9.59 Å². The molecule has 176 valence electrons. The molecule has 0 saturated heterocycles. The molecule has 0 radical (unpaired) electrons. The highest BCUT2D eigenvalue weighted by Crippen LogP contribution is 2.37. The molecule has 2 heterocycles. The Balaban J connectivity index is 1.70. The summed E-state index contributed by atoms with van der Waals surface area (Å²) in [6.07, 6.45) is 5.97. The first-order chi connectivity index (χ1) is 16.0. The van der Waals surface area contributed by atoms with Gasteiger partial charge in [0, 0.05) is 4.88 Å². The highest BCUT2D eigenvalue weighted by molar-refractivity contribution is 7.99. The first kappa shape index (κ1) is 23.8.